The first kappa shape index (κ1) is 15.3. The molecule has 118 valence electrons. The first-order valence-corrected chi connectivity index (χ1v) is 7.85. The van der Waals surface area contributed by atoms with Gasteiger partial charge in [-0.1, -0.05) is 24.3 Å². The van der Waals surface area contributed by atoms with E-state index >= 15 is 0 Å². The van der Waals surface area contributed by atoms with Gasteiger partial charge in [0, 0.05) is 12.0 Å². The Bertz CT molecular complexity index is 791. The quantitative estimate of drug-likeness (QED) is 0.673. The van der Waals surface area contributed by atoms with Crippen molar-refractivity contribution in [3.05, 3.63) is 71.1 Å². The van der Waals surface area contributed by atoms with Crippen molar-refractivity contribution in [2.24, 2.45) is 0 Å². The zero-order chi connectivity index (χ0) is 16.2. The summed E-state index contributed by atoms with van der Waals surface area (Å²) < 4.78 is 11.6. The maximum atomic E-state index is 5.83. The van der Waals surface area contributed by atoms with Crippen LogP contribution in [-0.4, -0.2) is 11.6 Å². The van der Waals surface area contributed by atoms with Gasteiger partial charge < -0.3 is 9.15 Å². The Hall–Kier alpha value is -2.55. The molecular formula is C20H21NO2. The third-order valence-corrected chi connectivity index (χ3v) is 4.00. The number of nitrogens with zero attached hydrogens (tertiary/aromatic N) is 1. The minimum Gasteiger partial charge on any atom is -0.493 e. The van der Waals surface area contributed by atoms with Gasteiger partial charge in [0.25, 0.3) is 0 Å². The fourth-order valence-corrected chi connectivity index (χ4v) is 2.43. The Balaban J connectivity index is 1.64. The molecule has 0 N–H and O–H groups in total. The van der Waals surface area contributed by atoms with E-state index in [0.29, 0.717) is 12.5 Å². The molecule has 3 nitrogen and oxygen atoms in total. The molecule has 1 aromatic heterocycles. The van der Waals surface area contributed by atoms with Gasteiger partial charge in [0.05, 0.1) is 12.3 Å². The van der Waals surface area contributed by atoms with Gasteiger partial charge in [-0.2, -0.15) is 0 Å². The predicted octanol–water partition coefficient (Wildman–Crippen LogP) is 4.89. The SMILES string of the molecule is Cc1ccc(OCCc2nc(-c3ccccc3)oc2C)cc1C. The van der Waals surface area contributed by atoms with E-state index < -0.39 is 0 Å². The van der Waals surface area contributed by atoms with Crippen LogP contribution in [0.15, 0.2) is 52.9 Å². The fraction of sp³-hybridized carbons (Fsp3) is 0.250. The van der Waals surface area contributed by atoms with Crippen LogP contribution in [0.25, 0.3) is 11.5 Å². The second-order valence-electron chi connectivity index (χ2n) is 5.73. The predicted molar refractivity (Wildman–Crippen MR) is 91.8 cm³/mol. The maximum absolute atomic E-state index is 5.83. The summed E-state index contributed by atoms with van der Waals surface area (Å²) in [5.74, 6) is 2.43. The number of hydrogen-bond acceptors (Lipinski definition) is 3. The molecule has 0 unspecified atom stereocenters. The second kappa shape index (κ2) is 6.69. The van der Waals surface area contributed by atoms with Gasteiger partial charge in [0.2, 0.25) is 5.89 Å². The Morgan fingerprint density at radius 1 is 0.957 bits per heavy atom. The van der Waals surface area contributed by atoms with Gasteiger partial charge in [0.1, 0.15) is 11.5 Å². The number of hydrogen-bond donors (Lipinski definition) is 0. The molecule has 3 heteroatoms. The summed E-state index contributed by atoms with van der Waals surface area (Å²) in [6.07, 6.45) is 0.731. The minimum absolute atomic E-state index is 0.587. The summed E-state index contributed by atoms with van der Waals surface area (Å²) in [7, 11) is 0. The van der Waals surface area contributed by atoms with Crippen molar-refractivity contribution in [3.63, 3.8) is 0 Å². The molecule has 3 aromatic rings. The van der Waals surface area contributed by atoms with E-state index in [1.54, 1.807) is 0 Å². The van der Waals surface area contributed by atoms with E-state index in [4.69, 9.17) is 9.15 Å². The summed E-state index contributed by atoms with van der Waals surface area (Å²) in [4.78, 5) is 4.60. The zero-order valence-corrected chi connectivity index (χ0v) is 13.8. The van der Waals surface area contributed by atoms with Crippen LogP contribution in [-0.2, 0) is 6.42 Å². The maximum Gasteiger partial charge on any atom is 0.226 e. The molecule has 2 aromatic carbocycles. The van der Waals surface area contributed by atoms with E-state index in [1.165, 1.54) is 11.1 Å². The number of benzene rings is 2. The number of ether oxygens (including phenoxy) is 1. The fourth-order valence-electron chi connectivity index (χ4n) is 2.43. The highest BCUT2D eigenvalue weighted by Crippen LogP contribution is 2.22. The molecule has 0 saturated carbocycles. The zero-order valence-electron chi connectivity index (χ0n) is 13.8. The molecule has 0 fully saturated rings. The average molecular weight is 307 g/mol. The lowest BCUT2D eigenvalue weighted by Gasteiger charge is -2.07. The van der Waals surface area contributed by atoms with Crippen LogP contribution < -0.4 is 4.74 Å². The van der Waals surface area contributed by atoms with Crippen LogP contribution in [0.1, 0.15) is 22.6 Å². The summed E-state index contributed by atoms with van der Waals surface area (Å²) in [5, 5.41) is 0. The van der Waals surface area contributed by atoms with Crippen LogP contribution in [0.2, 0.25) is 0 Å². The summed E-state index contributed by atoms with van der Waals surface area (Å²) in [6, 6.07) is 16.1. The molecule has 0 saturated heterocycles. The Labute approximate surface area is 136 Å². The van der Waals surface area contributed by atoms with Crippen LogP contribution in [0.3, 0.4) is 0 Å². The van der Waals surface area contributed by atoms with E-state index in [-0.39, 0.29) is 0 Å². The molecule has 0 aliphatic carbocycles. The molecule has 0 amide bonds. The van der Waals surface area contributed by atoms with Crippen molar-refractivity contribution in [3.8, 4) is 17.2 Å². The lowest BCUT2D eigenvalue weighted by Crippen LogP contribution is -2.03. The van der Waals surface area contributed by atoms with Gasteiger partial charge in [-0.25, -0.2) is 4.98 Å². The molecule has 0 spiro atoms. The number of rotatable bonds is 5. The number of aromatic nitrogens is 1. The van der Waals surface area contributed by atoms with Crippen molar-refractivity contribution in [2.75, 3.05) is 6.61 Å². The van der Waals surface area contributed by atoms with Gasteiger partial charge in [-0.3, -0.25) is 0 Å². The van der Waals surface area contributed by atoms with Crippen LogP contribution >= 0.6 is 0 Å². The van der Waals surface area contributed by atoms with Gasteiger partial charge in [-0.15, -0.1) is 0 Å². The topological polar surface area (TPSA) is 35.3 Å². The van der Waals surface area contributed by atoms with Crippen molar-refractivity contribution in [1.29, 1.82) is 0 Å². The van der Waals surface area contributed by atoms with E-state index in [2.05, 4.69) is 31.0 Å². The summed E-state index contributed by atoms with van der Waals surface area (Å²) >= 11 is 0. The third kappa shape index (κ3) is 3.62. The highest BCUT2D eigenvalue weighted by molar-refractivity contribution is 5.53. The average Bonchev–Trinajstić information content (AvgIpc) is 2.93. The van der Waals surface area contributed by atoms with E-state index in [1.807, 2.05) is 43.3 Å². The molecule has 3 rings (SSSR count). The van der Waals surface area contributed by atoms with Crippen LogP contribution in [0.5, 0.6) is 5.75 Å². The second-order valence-corrected chi connectivity index (χ2v) is 5.73. The Kier molecular flexibility index (Phi) is 4.47. The Morgan fingerprint density at radius 3 is 2.48 bits per heavy atom. The van der Waals surface area contributed by atoms with Crippen molar-refractivity contribution in [2.45, 2.75) is 27.2 Å². The molecule has 0 atom stereocenters. The molecule has 0 aliphatic rings. The van der Waals surface area contributed by atoms with Gasteiger partial charge in [0.15, 0.2) is 0 Å². The van der Waals surface area contributed by atoms with Crippen molar-refractivity contribution in [1.82, 2.24) is 4.98 Å². The van der Waals surface area contributed by atoms with Crippen LogP contribution in [0.4, 0.5) is 0 Å². The summed E-state index contributed by atoms with van der Waals surface area (Å²) in [6.45, 7) is 6.73. The largest absolute Gasteiger partial charge is 0.493 e. The normalized spacial score (nSPS) is 10.7. The van der Waals surface area contributed by atoms with Crippen molar-refractivity contribution < 1.29 is 9.15 Å². The first-order valence-electron chi connectivity index (χ1n) is 7.85. The number of oxazole rings is 1. The van der Waals surface area contributed by atoms with Gasteiger partial charge >= 0.3 is 0 Å². The smallest absolute Gasteiger partial charge is 0.226 e. The molecule has 1 heterocycles. The third-order valence-electron chi connectivity index (χ3n) is 4.00. The lowest BCUT2D eigenvalue weighted by molar-refractivity contribution is 0.319. The van der Waals surface area contributed by atoms with Crippen molar-refractivity contribution >= 4 is 0 Å². The molecule has 0 aliphatic heterocycles. The Morgan fingerprint density at radius 2 is 1.74 bits per heavy atom. The molecular weight excluding hydrogens is 286 g/mol. The molecule has 0 radical (unpaired) electrons. The highest BCUT2D eigenvalue weighted by Gasteiger charge is 2.11. The molecule has 0 bridgehead atoms. The summed E-state index contributed by atoms with van der Waals surface area (Å²) in [5.41, 5.74) is 4.47. The first-order chi connectivity index (χ1) is 11.1. The van der Waals surface area contributed by atoms with Gasteiger partial charge in [-0.05, 0) is 56.2 Å². The monoisotopic (exact) mass is 307 g/mol. The lowest BCUT2D eigenvalue weighted by atomic mass is 10.1. The molecule has 23 heavy (non-hydrogen) atoms. The van der Waals surface area contributed by atoms with Crippen LogP contribution in [0, 0.1) is 20.8 Å². The number of aryl methyl sites for hydroxylation is 3. The van der Waals surface area contributed by atoms with E-state index in [9.17, 15) is 0 Å². The standard InChI is InChI=1S/C20H21NO2/c1-14-9-10-18(13-15(14)2)22-12-11-19-16(3)23-20(21-19)17-7-5-4-6-8-17/h4-10,13H,11-12H2,1-3H3. The van der Waals surface area contributed by atoms with E-state index in [0.717, 1.165) is 29.2 Å². The minimum atomic E-state index is 0.587. The highest BCUT2D eigenvalue weighted by atomic mass is 16.5.